The fraction of sp³-hybridized carbons (Fsp3) is 0.867. The van der Waals surface area contributed by atoms with E-state index in [2.05, 4.69) is 0 Å². The zero-order valence-electron chi connectivity index (χ0n) is 15.1. The summed E-state index contributed by atoms with van der Waals surface area (Å²) in [5.74, 6) is 0. The second-order valence-corrected chi connectivity index (χ2v) is 10.2. The third kappa shape index (κ3) is 4.56. The van der Waals surface area contributed by atoms with Crippen molar-refractivity contribution in [3.8, 4) is 0 Å². The Bertz CT molecular complexity index is 683. The predicted molar refractivity (Wildman–Crippen MR) is 93.6 cm³/mol. The van der Waals surface area contributed by atoms with E-state index in [1.54, 1.807) is 0 Å². The molecule has 27 heavy (non-hydrogen) atoms. The van der Waals surface area contributed by atoms with Crippen molar-refractivity contribution in [3.63, 3.8) is 0 Å². The SMILES string of the molecule is CC1=CC2(CCC(OP(=O)(O)O)CC2)N(O)C12CCC(OP(=O)(O)O)CC2. The smallest absolute Gasteiger partial charge is 0.312 e. The summed E-state index contributed by atoms with van der Waals surface area (Å²) in [6.45, 7) is 1.94. The van der Waals surface area contributed by atoms with Gasteiger partial charge in [-0.1, -0.05) is 11.6 Å². The molecule has 3 aliphatic rings. The fourth-order valence-electron chi connectivity index (χ4n) is 4.91. The van der Waals surface area contributed by atoms with Crippen LogP contribution in [0, 0.1) is 0 Å². The predicted octanol–water partition coefficient (Wildman–Crippen LogP) is 2.22. The number of phosphoric ester groups is 2. The molecular formula is C15H27NO9P2. The van der Waals surface area contributed by atoms with E-state index >= 15 is 0 Å². The van der Waals surface area contributed by atoms with E-state index in [0.717, 1.165) is 5.57 Å². The Balaban J connectivity index is 1.66. The number of hydroxylamine groups is 2. The zero-order valence-corrected chi connectivity index (χ0v) is 16.9. The molecule has 0 radical (unpaired) electrons. The Labute approximate surface area is 157 Å². The Kier molecular flexibility index (Phi) is 5.83. The van der Waals surface area contributed by atoms with Crippen LogP contribution in [0.2, 0.25) is 0 Å². The number of phosphoric acid groups is 2. The van der Waals surface area contributed by atoms with Gasteiger partial charge in [-0.25, -0.2) is 9.13 Å². The lowest BCUT2D eigenvalue weighted by Gasteiger charge is -2.49. The molecule has 2 aliphatic carbocycles. The summed E-state index contributed by atoms with van der Waals surface area (Å²) in [5.41, 5.74) is -0.185. The summed E-state index contributed by atoms with van der Waals surface area (Å²) in [6, 6.07) is 0. The Hall–Kier alpha value is -0.120. The van der Waals surface area contributed by atoms with Gasteiger partial charge in [0, 0.05) is 0 Å². The average Bonchev–Trinajstić information content (AvgIpc) is 2.72. The lowest BCUT2D eigenvalue weighted by atomic mass is 9.76. The van der Waals surface area contributed by atoms with Crippen LogP contribution in [-0.4, -0.2) is 53.1 Å². The van der Waals surface area contributed by atoms with Gasteiger partial charge in [0.2, 0.25) is 0 Å². The van der Waals surface area contributed by atoms with E-state index in [1.807, 2.05) is 13.0 Å². The molecule has 0 amide bonds. The van der Waals surface area contributed by atoms with Crippen LogP contribution in [0.4, 0.5) is 0 Å². The zero-order chi connectivity index (χ0) is 20.1. The molecule has 0 bridgehead atoms. The van der Waals surface area contributed by atoms with Gasteiger partial charge >= 0.3 is 15.6 Å². The molecule has 0 unspecified atom stereocenters. The molecule has 3 rings (SSSR count). The van der Waals surface area contributed by atoms with E-state index in [1.165, 1.54) is 5.06 Å². The first-order valence-corrected chi connectivity index (χ1v) is 12.1. The first-order valence-electron chi connectivity index (χ1n) is 9.02. The highest BCUT2D eigenvalue weighted by Crippen LogP contribution is 2.54. The minimum absolute atomic E-state index is 0.423. The van der Waals surface area contributed by atoms with Crippen LogP contribution in [0.15, 0.2) is 11.6 Å². The summed E-state index contributed by atoms with van der Waals surface area (Å²) in [4.78, 5) is 35.9. The quantitative estimate of drug-likeness (QED) is 0.333. The van der Waals surface area contributed by atoms with Crippen LogP contribution in [0.25, 0.3) is 0 Å². The van der Waals surface area contributed by atoms with Crippen molar-refractivity contribution in [2.45, 2.75) is 81.6 Å². The maximum Gasteiger partial charge on any atom is 0.469 e. The molecule has 1 heterocycles. The molecule has 10 nitrogen and oxygen atoms in total. The standard InChI is InChI=1S/C15H27NO9P2/c1-11-10-14(6-2-12(3-7-14)24-26(18,19)20)16(17)15(11)8-4-13(5-9-15)25-27(21,22)23/h10,12-13,17H,2-9H2,1H3,(H2,18,19,20)(H2,21,22,23). The normalized spacial score (nSPS) is 38.5. The molecule has 0 aromatic heterocycles. The van der Waals surface area contributed by atoms with Crippen LogP contribution >= 0.6 is 15.6 Å². The number of nitrogens with zero attached hydrogens (tertiary/aromatic N) is 1. The second kappa shape index (κ2) is 7.29. The fourth-order valence-corrected chi connectivity index (χ4v) is 6.11. The maximum atomic E-state index is 11.1. The molecule has 0 atom stereocenters. The molecule has 2 spiro atoms. The van der Waals surface area contributed by atoms with Gasteiger partial charge in [0.15, 0.2) is 0 Å². The molecule has 0 aromatic rings. The van der Waals surface area contributed by atoms with Crippen molar-refractivity contribution in [2.24, 2.45) is 0 Å². The molecule has 156 valence electrons. The van der Waals surface area contributed by atoms with Gasteiger partial charge in [0.1, 0.15) is 0 Å². The molecule has 0 aromatic carbocycles. The lowest BCUT2D eigenvalue weighted by Crippen LogP contribution is -2.57. The third-order valence-electron chi connectivity index (χ3n) is 6.18. The van der Waals surface area contributed by atoms with Gasteiger partial charge in [-0.2, -0.15) is 5.06 Å². The molecule has 1 aliphatic heterocycles. The van der Waals surface area contributed by atoms with Crippen molar-refractivity contribution in [2.75, 3.05) is 0 Å². The number of hydrogen-bond acceptors (Lipinski definition) is 6. The average molecular weight is 427 g/mol. The van der Waals surface area contributed by atoms with Crippen LogP contribution in [0.1, 0.15) is 58.3 Å². The Morgan fingerprint density at radius 2 is 1.33 bits per heavy atom. The monoisotopic (exact) mass is 427 g/mol. The van der Waals surface area contributed by atoms with Gasteiger partial charge in [-0.3, -0.25) is 9.05 Å². The summed E-state index contributed by atoms with van der Waals surface area (Å²) in [5, 5.41) is 12.5. The van der Waals surface area contributed by atoms with E-state index in [4.69, 9.17) is 28.6 Å². The summed E-state index contributed by atoms with van der Waals surface area (Å²) < 4.78 is 31.7. The van der Waals surface area contributed by atoms with Crippen molar-refractivity contribution in [1.82, 2.24) is 5.06 Å². The summed E-state index contributed by atoms with van der Waals surface area (Å²) >= 11 is 0. The maximum absolute atomic E-state index is 11.1. The van der Waals surface area contributed by atoms with Gasteiger partial charge in [-0.05, 0) is 58.3 Å². The minimum Gasteiger partial charge on any atom is -0.312 e. The highest BCUT2D eigenvalue weighted by Gasteiger charge is 2.56. The highest BCUT2D eigenvalue weighted by atomic mass is 31.2. The van der Waals surface area contributed by atoms with Crippen molar-refractivity contribution >= 4 is 15.6 Å². The first-order chi connectivity index (χ1) is 12.4. The lowest BCUT2D eigenvalue weighted by molar-refractivity contribution is -0.225. The minimum atomic E-state index is -4.53. The molecule has 2 saturated carbocycles. The van der Waals surface area contributed by atoms with Crippen molar-refractivity contribution in [1.29, 1.82) is 0 Å². The number of rotatable bonds is 4. The molecular weight excluding hydrogens is 400 g/mol. The Morgan fingerprint density at radius 3 is 1.74 bits per heavy atom. The van der Waals surface area contributed by atoms with E-state index in [-0.39, 0.29) is 0 Å². The number of hydrogen-bond donors (Lipinski definition) is 5. The van der Waals surface area contributed by atoms with Crippen LogP contribution in [-0.2, 0) is 18.2 Å². The molecule has 0 saturated heterocycles. The third-order valence-corrected chi connectivity index (χ3v) is 7.32. The van der Waals surface area contributed by atoms with E-state index in [0.29, 0.717) is 51.4 Å². The van der Waals surface area contributed by atoms with Gasteiger partial charge in [0.05, 0.1) is 23.3 Å². The topological polar surface area (TPSA) is 157 Å². The highest BCUT2D eigenvalue weighted by molar-refractivity contribution is 7.46. The van der Waals surface area contributed by atoms with Crippen molar-refractivity contribution in [3.05, 3.63) is 11.6 Å². The summed E-state index contributed by atoms with van der Waals surface area (Å²) in [6.07, 6.45) is 4.69. The van der Waals surface area contributed by atoms with Crippen LogP contribution in [0.3, 0.4) is 0 Å². The van der Waals surface area contributed by atoms with Gasteiger partial charge < -0.3 is 24.8 Å². The summed E-state index contributed by atoms with van der Waals surface area (Å²) in [7, 11) is -9.06. The van der Waals surface area contributed by atoms with Crippen LogP contribution in [0.5, 0.6) is 0 Å². The molecule has 2 fully saturated rings. The van der Waals surface area contributed by atoms with E-state index < -0.39 is 38.9 Å². The van der Waals surface area contributed by atoms with E-state index in [9.17, 15) is 14.3 Å². The van der Waals surface area contributed by atoms with Crippen LogP contribution < -0.4 is 0 Å². The second-order valence-electron chi connectivity index (χ2n) is 7.87. The Morgan fingerprint density at radius 1 is 0.926 bits per heavy atom. The largest absolute Gasteiger partial charge is 0.469 e. The van der Waals surface area contributed by atoms with Crippen molar-refractivity contribution < 1.29 is 43.0 Å². The van der Waals surface area contributed by atoms with Gasteiger partial charge in [-0.15, -0.1) is 0 Å². The molecule has 12 heteroatoms. The first kappa shape index (κ1) is 21.6. The van der Waals surface area contributed by atoms with Gasteiger partial charge in [0.25, 0.3) is 0 Å². The molecule has 5 N–H and O–H groups in total.